The van der Waals surface area contributed by atoms with Crippen LogP contribution in [-0.4, -0.2) is 39.9 Å². The van der Waals surface area contributed by atoms with Gasteiger partial charge in [0.1, 0.15) is 0 Å². The highest BCUT2D eigenvalue weighted by molar-refractivity contribution is 5.94. The van der Waals surface area contributed by atoms with Crippen molar-refractivity contribution in [1.29, 1.82) is 0 Å². The maximum Gasteiger partial charge on any atom is 0.307 e. The Bertz CT molecular complexity index is 893. The van der Waals surface area contributed by atoms with Gasteiger partial charge in [-0.3, -0.25) is 14.6 Å². The van der Waals surface area contributed by atoms with Crippen LogP contribution in [-0.2, 0) is 16.1 Å². The van der Waals surface area contributed by atoms with Crippen LogP contribution in [0.1, 0.15) is 29.3 Å². The molecule has 0 bridgehead atoms. The van der Waals surface area contributed by atoms with Gasteiger partial charge < -0.3 is 14.1 Å². The van der Waals surface area contributed by atoms with Crippen LogP contribution >= 0.6 is 0 Å². The third-order valence-corrected chi connectivity index (χ3v) is 4.12. The molecule has 7 nitrogen and oxygen atoms in total. The number of ether oxygens (including phenoxy) is 1. The van der Waals surface area contributed by atoms with Crippen molar-refractivity contribution in [2.24, 2.45) is 0 Å². The summed E-state index contributed by atoms with van der Waals surface area (Å²) in [7, 11) is 0. The number of pyridine rings is 1. The number of rotatable bonds is 8. The maximum absolute atomic E-state index is 13.0. The van der Waals surface area contributed by atoms with Crippen molar-refractivity contribution in [2.45, 2.75) is 19.9 Å². The summed E-state index contributed by atoms with van der Waals surface area (Å²) in [5, 5.41) is 0. The van der Waals surface area contributed by atoms with E-state index in [2.05, 4.69) is 9.97 Å². The van der Waals surface area contributed by atoms with Crippen LogP contribution in [0.25, 0.3) is 11.3 Å². The van der Waals surface area contributed by atoms with E-state index in [1.807, 2.05) is 12.1 Å². The van der Waals surface area contributed by atoms with Gasteiger partial charge in [0.25, 0.3) is 5.91 Å². The summed E-state index contributed by atoms with van der Waals surface area (Å²) in [4.78, 5) is 34.4. The van der Waals surface area contributed by atoms with Crippen LogP contribution in [0.3, 0.4) is 0 Å². The van der Waals surface area contributed by atoms with Gasteiger partial charge in [0.2, 0.25) is 0 Å². The SMILES string of the molecule is CCOC(=O)CCN(Cc1cccnc1)C(=O)c1ccc(-c2cnco2)cc1. The third-order valence-electron chi connectivity index (χ3n) is 4.12. The quantitative estimate of drug-likeness (QED) is 0.558. The van der Waals surface area contributed by atoms with Crippen LogP contribution in [0.2, 0.25) is 0 Å². The first-order valence-corrected chi connectivity index (χ1v) is 9.00. The van der Waals surface area contributed by atoms with E-state index in [1.165, 1.54) is 6.39 Å². The summed E-state index contributed by atoms with van der Waals surface area (Å²) < 4.78 is 10.2. The highest BCUT2D eigenvalue weighted by Gasteiger charge is 2.18. The first-order chi connectivity index (χ1) is 13.7. The number of nitrogens with zero attached hydrogens (tertiary/aromatic N) is 3. The van der Waals surface area contributed by atoms with Crippen LogP contribution in [0.4, 0.5) is 0 Å². The van der Waals surface area contributed by atoms with Gasteiger partial charge >= 0.3 is 5.97 Å². The fraction of sp³-hybridized carbons (Fsp3) is 0.238. The minimum Gasteiger partial charge on any atom is -0.466 e. The lowest BCUT2D eigenvalue weighted by atomic mass is 10.1. The Kier molecular flexibility index (Phi) is 6.51. The smallest absolute Gasteiger partial charge is 0.307 e. The maximum atomic E-state index is 13.0. The number of hydrogen-bond donors (Lipinski definition) is 0. The molecule has 0 saturated heterocycles. The Hall–Kier alpha value is -3.48. The Labute approximate surface area is 163 Å². The van der Waals surface area contributed by atoms with E-state index in [0.29, 0.717) is 24.5 Å². The Morgan fingerprint density at radius 2 is 1.93 bits per heavy atom. The molecule has 28 heavy (non-hydrogen) atoms. The second-order valence-corrected chi connectivity index (χ2v) is 6.09. The van der Waals surface area contributed by atoms with Gasteiger partial charge in [-0.2, -0.15) is 0 Å². The summed E-state index contributed by atoms with van der Waals surface area (Å²) in [6.45, 7) is 2.69. The number of oxazole rings is 1. The second kappa shape index (κ2) is 9.45. The van der Waals surface area contributed by atoms with E-state index >= 15 is 0 Å². The fourth-order valence-electron chi connectivity index (χ4n) is 2.74. The van der Waals surface area contributed by atoms with Gasteiger partial charge in [0.05, 0.1) is 19.2 Å². The Balaban J connectivity index is 1.75. The van der Waals surface area contributed by atoms with Crippen molar-refractivity contribution in [2.75, 3.05) is 13.2 Å². The average Bonchev–Trinajstić information content (AvgIpc) is 3.26. The summed E-state index contributed by atoms with van der Waals surface area (Å²) in [6.07, 6.45) is 6.49. The molecule has 0 aliphatic rings. The van der Waals surface area contributed by atoms with Crippen molar-refractivity contribution >= 4 is 11.9 Å². The predicted molar refractivity (Wildman–Crippen MR) is 102 cm³/mol. The van der Waals surface area contributed by atoms with Crippen LogP contribution in [0, 0.1) is 0 Å². The molecule has 0 unspecified atom stereocenters. The molecule has 144 valence electrons. The topological polar surface area (TPSA) is 85.5 Å². The summed E-state index contributed by atoms with van der Waals surface area (Å²) in [5.41, 5.74) is 2.24. The number of carbonyl (C=O) groups is 2. The monoisotopic (exact) mass is 379 g/mol. The standard InChI is InChI=1S/C21H21N3O4/c1-2-27-20(25)9-11-24(14-16-4-3-10-22-12-16)21(26)18-7-5-17(6-8-18)19-13-23-15-28-19/h3-8,10,12-13,15H,2,9,11,14H2,1H3. The van der Waals surface area contributed by atoms with Crippen molar-refractivity contribution in [3.63, 3.8) is 0 Å². The number of aromatic nitrogens is 2. The number of carbonyl (C=O) groups excluding carboxylic acids is 2. The molecule has 2 aromatic heterocycles. The predicted octanol–water partition coefficient (Wildman–Crippen LogP) is 3.33. The molecule has 3 rings (SSSR count). The first kappa shape index (κ1) is 19.3. The minimum atomic E-state index is -0.327. The van der Waals surface area contributed by atoms with Crippen LogP contribution < -0.4 is 0 Å². The van der Waals surface area contributed by atoms with Gasteiger partial charge in [-0.25, -0.2) is 4.98 Å². The average molecular weight is 379 g/mol. The van der Waals surface area contributed by atoms with Gasteiger partial charge in [0.15, 0.2) is 12.2 Å². The fourth-order valence-corrected chi connectivity index (χ4v) is 2.74. The molecule has 2 heterocycles. The third kappa shape index (κ3) is 5.03. The number of hydrogen-bond acceptors (Lipinski definition) is 6. The van der Waals surface area contributed by atoms with E-state index in [1.54, 1.807) is 54.7 Å². The van der Waals surface area contributed by atoms with Crippen molar-refractivity contribution in [3.05, 3.63) is 72.5 Å². The summed E-state index contributed by atoms with van der Waals surface area (Å²) in [6, 6.07) is 10.8. The lowest BCUT2D eigenvalue weighted by Crippen LogP contribution is -2.33. The van der Waals surface area contributed by atoms with Crippen molar-refractivity contribution in [3.8, 4) is 11.3 Å². The van der Waals surface area contributed by atoms with E-state index in [0.717, 1.165) is 11.1 Å². The minimum absolute atomic E-state index is 0.135. The van der Waals surface area contributed by atoms with Crippen LogP contribution in [0.15, 0.2) is 65.8 Å². The van der Waals surface area contributed by atoms with Gasteiger partial charge in [-0.1, -0.05) is 18.2 Å². The van der Waals surface area contributed by atoms with E-state index in [9.17, 15) is 9.59 Å². The molecular formula is C21H21N3O4. The van der Waals surface area contributed by atoms with E-state index in [-0.39, 0.29) is 24.8 Å². The molecule has 0 spiro atoms. The molecule has 0 fully saturated rings. The first-order valence-electron chi connectivity index (χ1n) is 9.00. The molecule has 0 aliphatic carbocycles. The van der Waals surface area contributed by atoms with Gasteiger partial charge in [0, 0.05) is 36.6 Å². The highest BCUT2D eigenvalue weighted by Crippen LogP contribution is 2.20. The molecule has 0 atom stereocenters. The molecule has 3 aromatic rings. The highest BCUT2D eigenvalue weighted by atomic mass is 16.5. The zero-order chi connectivity index (χ0) is 19.8. The van der Waals surface area contributed by atoms with Gasteiger partial charge in [-0.05, 0) is 30.7 Å². The Morgan fingerprint density at radius 3 is 2.57 bits per heavy atom. The largest absolute Gasteiger partial charge is 0.466 e. The second-order valence-electron chi connectivity index (χ2n) is 6.09. The van der Waals surface area contributed by atoms with Crippen molar-refractivity contribution < 1.29 is 18.7 Å². The zero-order valence-corrected chi connectivity index (χ0v) is 15.6. The Morgan fingerprint density at radius 1 is 1.11 bits per heavy atom. The molecular weight excluding hydrogens is 358 g/mol. The number of amides is 1. The lowest BCUT2D eigenvalue weighted by molar-refractivity contribution is -0.143. The summed E-state index contributed by atoms with van der Waals surface area (Å²) in [5.74, 6) is 0.137. The molecule has 0 radical (unpaired) electrons. The number of esters is 1. The molecule has 0 aliphatic heterocycles. The molecule has 1 aromatic carbocycles. The summed E-state index contributed by atoms with van der Waals surface area (Å²) >= 11 is 0. The normalized spacial score (nSPS) is 10.5. The lowest BCUT2D eigenvalue weighted by Gasteiger charge is -2.22. The van der Waals surface area contributed by atoms with Crippen molar-refractivity contribution in [1.82, 2.24) is 14.9 Å². The van der Waals surface area contributed by atoms with E-state index < -0.39 is 0 Å². The van der Waals surface area contributed by atoms with Crippen LogP contribution in [0.5, 0.6) is 0 Å². The number of benzene rings is 1. The molecule has 7 heteroatoms. The van der Waals surface area contributed by atoms with Gasteiger partial charge in [-0.15, -0.1) is 0 Å². The molecule has 1 amide bonds. The zero-order valence-electron chi connectivity index (χ0n) is 15.6. The molecule has 0 saturated carbocycles. The molecule has 0 N–H and O–H groups in total. The van der Waals surface area contributed by atoms with E-state index in [4.69, 9.17) is 9.15 Å².